The fourth-order valence-electron chi connectivity index (χ4n) is 3.02. The minimum atomic E-state index is 0.660. The third kappa shape index (κ3) is 4.50. The van der Waals surface area contributed by atoms with Gasteiger partial charge in [-0.2, -0.15) is 11.3 Å². The number of piperidine rings is 1. The molecule has 1 N–H and O–H groups in total. The molecule has 0 spiro atoms. The Balaban J connectivity index is 1.96. The van der Waals surface area contributed by atoms with Crippen molar-refractivity contribution in [2.45, 2.75) is 46.1 Å². The Bertz CT molecular complexity index is 348. The van der Waals surface area contributed by atoms with E-state index in [9.17, 15) is 0 Å². The average Bonchev–Trinajstić information content (AvgIpc) is 2.90. The molecule has 3 heteroatoms. The van der Waals surface area contributed by atoms with Gasteiger partial charge in [0.05, 0.1) is 0 Å². The Labute approximate surface area is 122 Å². The van der Waals surface area contributed by atoms with E-state index in [1.54, 1.807) is 11.3 Å². The largest absolute Gasteiger partial charge is 0.369 e. The smallest absolute Gasteiger partial charge is 0.0475 e. The summed E-state index contributed by atoms with van der Waals surface area (Å²) >= 11 is 1.81. The maximum absolute atomic E-state index is 3.76. The second-order valence-corrected chi connectivity index (χ2v) is 7.06. The second kappa shape index (κ2) is 7.30. The Morgan fingerprint density at radius 3 is 2.89 bits per heavy atom. The van der Waals surface area contributed by atoms with Gasteiger partial charge < -0.3 is 10.2 Å². The molecular formula is C16H28N2S. The SMILES string of the molecule is CCCC1CC(NCC(C)C)CN(c2ccsc2)C1. The quantitative estimate of drug-likeness (QED) is 0.847. The zero-order valence-corrected chi connectivity index (χ0v) is 13.4. The number of thiophene rings is 1. The molecule has 1 aromatic heterocycles. The van der Waals surface area contributed by atoms with E-state index < -0.39 is 0 Å². The molecular weight excluding hydrogens is 252 g/mol. The maximum Gasteiger partial charge on any atom is 0.0475 e. The molecule has 1 saturated heterocycles. The predicted molar refractivity (Wildman–Crippen MR) is 86.2 cm³/mol. The third-order valence-corrected chi connectivity index (χ3v) is 4.59. The van der Waals surface area contributed by atoms with Crippen LogP contribution in [-0.4, -0.2) is 25.7 Å². The number of hydrogen-bond donors (Lipinski definition) is 1. The second-order valence-electron chi connectivity index (χ2n) is 6.28. The van der Waals surface area contributed by atoms with Crippen LogP contribution in [-0.2, 0) is 0 Å². The lowest BCUT2D eigenvalue weighted by molar-refractivity contribution is 0.310. The van der Waals surface area contributed by atoms with Gasteiger partial charge in [-0.15, -0.1) is 0 Å². The fraction of sp³-hybridized carbons (Fsp3) is 0.750. The van der Waals surface area contributed by atoms with Gasteiger partial charge in [0.2, 0.25) is 0 Å². The van der Waals surface area contributed by atoms with Crippen LogP contribution in [0.1, 0.15) is 40.0 Å². The number of rotatable bonds is 6. The van der Waals surface area contributed by atoms with E-state index in [0.29, 0.717) is 6.04 Å². The highest BCUT2D eigenvalue weighted by molar-refractivity contribution is 7.08. The molecule has 19 heavy (non-hydrogen) atoms. The highest BCUT2D eigenvalue weighted by Gasteiger charge is 2.26. The summed E-state index contributed by atoms with van der Waals surface area (Å²) in [6.07, 6.45) is 4.01. The van der Waals surface area contributed by atoms with Gasteiger partial charge in [-0.3, -0.25) is 0 Å². The van der Waals surface area contributed by atoms with E-state index in [1.807, 2.05) is 0 Å². The number of nitrogens with zero attached hydrogens (tertiary/aromatic N) is 1. The third-order valence-electron chi connectivity index (χ3n) is 3.92. The lowest BCUT2D eigenvalue weighted by Crippen LogP contribution is -2.50. The van der Waals surface area contributed by atoms with E-state index in [0.717, 1.165) is 18.4 Å². The first-order valence-electron chi connectivity index (χ1n) is 7.69. The summed E-state index contributed by atoms with van der Waals surface area (Å²) in [4.78, 5) is 2.58. The maximum atomic E-state index is 3.76. The lowest BCUT2D eigenvalue weighted by atomic mass is 9.90. The minimum Gasteiger partial charge on any atom is -0.369 e. The van der Waals surface area contributed by atoms with E-state index in [1.165, 1.54) is 38.0 Å². The van der Waals surface area contributed by atoms with Crippen LogP contribution < -0.4 is 10.2 Å². The van der Waals surface area contributed by atoms with Crippen LogP contribution >= 0.6 is 11.3 Å². The number of nitrogens with one attached hydrogen (secondary N) is 1. The highest BCUT2D eigenvalue weighted by atomic mass is 32.1. The summed E-state index contributed by atoms with van der Waals surface area (Å²) in [5.41, 5.74) is 1.42. The molecule has 2 heterocycles. The summed E-state index contributed by atoms with van der Waals surface area (Å²) in [6.45, 7) is 10.4. The van der Waals surface area contributed by atoms with Crippen molar-refractivity contribution in [1.82, 2.24) is 5.32 Å². The highest BCUT2D eigenvalue weighted by Crippen LogP contribution is 2.27. The molecule has 1 aliphatic rings. The monoisotopic (exact) mass is 280 g/mol. The van der Waals surface area contributed by atoms with Crippen LogP contribution in [0.15, 0.2) is 16.8 Å². The molecule has 0 bridgehead atoms. The summed E-state index contributed by atoms with van der Waals surface area (Å²) in [6, 6.07) is 2.92. The van der Waals surface area contributed by atoms with Crippen molar-refractivity contribution in [3.05, 3.63) is 16.8 Å². The van der Waals surface area contributed by atoms with Crippen molar-refractivity contribution in [2.24, 2.45) is 11.8 Å². The molecule has 2 nitrogen and oxygen atoms in total. The molecule has 2 unspecified atom stereocenters. The topological polar surface area (TPSA) is 15.3 Å². The zero-order valence-electron chi connectivity index (χ0n) is 12.6. The first-order valence-corrected chi connectivity index (χ1v) is 8.63. The Hall–Kier alpha value is -0.540. The molecule has 2 atom stereocenters. The molecule has 108 valence electrons. The van der Waals surface area contributed by atoms with E-state index in [4.69, 9.17) is 0 Å². The van der Waals surface area contributed by atoms with E-state index in [-0.39, 0.29) is 0 Å². The molecule has 1 aromatic rings. The van der Waals surface area contributed by atoms with Gasteiger partial charge in [0.1, 0.15) is 0 Å². The van der Waals surface area contributed by atoms with Crippen LogP contribution in [0.25, 0.3) is 0 Å². The summed E-state index contributed by atoms with van der Waals surface area (Å²) in [5.74, 6) is 1.59. The first-order chi connectivity index (χ1) is 9.19. The number of hydrogen-bond acceptors (Lipinski definition) is 3. The van der Waals surface area contributed by atoms with Crippen LogP contribution in [0.2, 0.25) is 0 Å². The van der Waals surface area contributed by atoms with Crippen molar-refractivity contribution < 1.29 is 0 Å². The summed E-state index contributed by atoms with van der Waals surface area (Å²) in [5, 5.41) is 8.24. The fourth-order valence-corrected chi connectivity index (χ4v) is 3.68. The van der Waals surface area contributed by atoms with Crippen molar-refractivity contribution >= 4 is 17.0 Å². The molecule has 0 amide bonds. The molecule has 0 aromatic carbocycles. The van der Waals surface area contributed by atoms with Gasteiger partial charge >= 0.3 is 0 Å². The molecule has 1 fully saturated rings. The molecule has 0 aliphatic carbocycles. The van der Waals surface area contributed by atoms with E-state index in [2.05, 4.69) is 47.8 Å². The molecule has 1 aliphatic heterocycles. The number of anilines is 1. The average molecular weight is 280 g/mol. The van der Waals surface area contributed by atoms with Crippen molar-refractivity contribution in [3.63, 3.8) is 0 Å². The van der Waals surface area contributed by atoms with Crippen LogP contribution in [0.3, 0.4) is 0 Å². The zero-order chi connectivity index (χ0) is 13.7. The van der Waals surface area contributed by atoms with Gasteiger partial charge in [-0.1, -0.05) is 27.2 Å². The normalized spacial score (nSPS) is 24.1. The van der Waals surface area contributed by atoms with Crippen LogP contribution in [0.5, 0.6) is 0 Å². The summed E-state index contributed by atoms with van der Waals surface area (Å²) in [7, 11) is 0. The van der Waals surface area contributed by atoms with Gasteiger partial charge in [0.25, 0.3) is 0 Å². The van der Waals surface area contributed by atoms with Gasteiger partial charge in [-0.25, -0.2) is 0 Å². The Kier molecular flexibility index (Phi) is 5.71. The van der Waals surface area contributed by atoms with Crippen LogP contribution in [0, 0.1) is 11.8 Å². The standard InChI is InChI=1S/C16H28N2S/c1-4-5-14-8-15(17-9-13(2)3)11-18(10-14)16-6-7-19-12-16/h6-7,12-15,17H,4-5,8-11H2,1-3H3. The predicted octanol–water partition coefficient (Wildman–Crippen LogP) is 3.99. The molecule has 0 saturated carbocycles. The Morgan fingerprint density at radius 1 is 1.42 bits per heavy atom. The Morgan fingerprint density at radius 2 is 2.26 bits per heavy atom. The lowest BCUT2D eigenvalue weighted by Gasteiger charge is -2.39. The molecule has 0 radical (unpaired) electrons. The summed E-state index contributed by atoms with van der Waals surface area (Å²) < 4.78 is 0. The van der Waals surface area contributed by atoms with Gasteiger partial charge in [0.15, 0.2) is 0 Å². The van der Waals surface area contributed by atoms with Crippen molar-refractivity contribution in [2.75, 3.05) is 24.5 Å². The van der Waals surface area contributed by atoms with Crippen LogP contribution in [0.4, 0.5) is 5.69 Å². The van der Waals surface area contributed by atoms with E-state index >= 15 is 0 Å². The van der Waals surface area contributed by atoms with Crippen molar-refractivity contribution in [1.29, 1.82) is 0 Å². The molecule has 2 rings (SSSR count). The van der Waals surface area contributed by atoms with Gasteiger partial charge in [0, 0.05) is 30.2 Å². The minimum absolute atomic E-state index is 0.660. The van der Waals surface area contributed by atoms with Crippen molar-refractivity contribution in [3.8, 4) is 0 Å². The first kappa shape index (κ1) is 14.9. The van der Waals surface area contributed by atoms with Gasteiger partial charge in [-0.05, 0) is 42.7 Å².